The van der Waals surface area contributed by atoms with Crippen molar-refractivity contribution in [3.05, 3.63) is 94.7 Å². The Balaban J connectivity index is 1.42. The number of carbonyl (C=O) groups excluding carboxylic acids is 1. The van der Waals surface area contributed by atoms with Crippen molar-refractivity contribution in [1.82, 2.24) is 9.88 Å². The van der Waals surface area contributed by atoms with E-state index in [1.54, 1.807) is 59.7 Å². The zero-order valence-electron chi connectivity index (χ0n) is 15.8. The molecule has 0 bridgehead atoms. The molecule has 0 saturated carbocycles. The maximum absolute atomic E-state index is 13.0. The van der Waals surface area contributed by atoms with Crippen LogP contribution in [0.2, 0.25) is 0 Å². The number of halogens is 1. The summed E-state index contributed by atoms with van der Waals surface area (Å²) in [5.74, 6) is 0.211. The van der Waals surface area contributed by atoms with Crippen LogP contribution in [0.5, 0.6) is 5.75 Å². The second kappa shape index (κ2) is 8.41. The van der Waals surface area contributed by atoms with Crippen molar-refractivity contribution in [3.63, 3.8) is 0 Å². The summed E-state index contributed by atoms with van der Waals surface area (Å²) >= 11 is 1.59. The Labute approximate surface area is 172 Å². The minimum Gasteiger partial charge on any atom is -0.489 e. The first-order valence-corrected chi connectivity index (χ1v) is 9.97. The molecule has 0 saturated heterocycles. The summed E-state index contributed by atoms with van der Waals surface area (Å²) in [4.78, 5) is 19.1. The fourth-order valence-corrected chi connectivity index (χ4v) is 3.97. The standard InChI is InChI=1S/C23H19FN2O2S/c1-26(14-22-25-20-7-2-3-8-21(20)29-22)23(27)17-5-4-6-19(13-17)28-15-16-9-11-18(24)12-10-16/h2-13H,14-15H2,1H3. The molecule has 4 rings (SSSR count). The number of carbonyl (C=O) groups is 1. The highest BCUT2D eigenvalue weighted by atomic mass is 32.1. The molecular weight excluding hydrogens is 387 g/mol. The summed E-state index contributed by atoms with van der Waals surface area (Å²) in [6.07, 6.45) is 0. The number of hydrogen-bond acceptors (Lipinski definition) is 4. The summed E-state index contributed by atoms with van der Waals surface area (Å²) < 4.78 is 19.9. The van der Waals surface area contributed by atoms with Gasteiger partial charge in [-0.25, -0.2) is 9.37 Å². The number of amides is 1. The average molecular weight is 406 g/mol. The molecule has 0 unspecified atom stereocenters. The molecule has 0 aliphatic rings. The lowest BCUT2D eigenvalue weighted by atomic mass is 10.2. The van der Waals surface area contributed by atoms with Gasteiger partial charge in [0.2, 0.25) is 0 Å². The number of ether oxygens (including phenoxy) is 1. The molecule has 146 valence electrons. The molecule has 1 heterocycles. The number of fused-ring (bicyclic) bond motifs is 1. The number of para-hydroxylation sites is 1. The summed E-state index contributed by atoms with van der Waals surface area (Å²) in [5, 5.41) is 0.894. The first kappa shape index (κ1) is 19.1. The zero-order valence-corrected chi connectivity index (χ0v) is 16.7. The van der Waals surface area contributed by atoms with Crippen molar-refractivity contribution in [2.75, 3.05) is 7.05 Å². The smallest absolute Gasteiger partial charge is 0.254 e. The van der Waals surface area contributed by atoms with E-state index in [0.717, 1.165) is 20.8 Å². The van der Waals surface area contributed by atoms with Crippen LogP contribution in [-0.2, 0) is 13.2 Å². The Morgan fingerprint density at radius 2 is 1.86 bits per heavy atom. The largest absolute Gasteiger partial charge is 0.489 e. The quantitative estimate of drug-likeness (QED) is 0.437. The van der Waals surface area contributed by atoms with Gasteiger partial charge in [0.15, 0.2) is 0 Å². The molecule has 3 aromatic carbocycles. The van der Waals surface area contributed by atoms with Gasteiger partial charge in [-0.3, -0.25) is 4.79 Å². The number of nitrogens with zero attached hydrogens (tertiary/aromatic N) is 2. The van der Waals surface area contributed by atoms with Crippen molar-refractivity contribution in [2.24, 2.45) is 0 Å². The van der Waals surface area contributed by atoms with Crippen molar-refractivity contribution in [2.45, 2.75) is 13.2 Å². The van der Waals surface area contributed by atoms with E-state index < -0.39 is 0 Å². The van der Waals surface area contributed by atoms with Gasteiger partial charge >= 0.3 is 0 Å². The minimum absolute atomic E-state index is 0.100. The van der Waals surface area contributed by atoms with Gasteiger partial charge in [-0.2, -0.15) is 0 Å². The molecule has 0 aliphatic carbocycles. The summed E-state index contributed by atoms with van der Waals surface area (Å²) in [5.41, 5.74) is 2.35. The number of aromatic nitrogens is 1. The molecule has 0 aliphatic heterocycles. The molecule has 0 fully saturated rings. The van der Waals surface area contributed by atoms with Gasteiger partial charge in [0.05, 0.1) is 16.8 Å². The second-order valence-electron chi connectivity index (χ2n) is 6.68. The SMILES string of the molecule is CN(Cc1nc2ccccc2s1)C(=O)c1cccc(OCc2ccc(F)cc2)c1. The molecule has 0 radical (unpaired) electrons. The van der Waals surface area contributed by atoms with Crippen molar-refractivity contribution in [1.29, 1.82) is 0 Å². The van der Waals surface area contributed by atoms with E-state index in [-0.39, 0.29) is 11.7 Å². The third-order valence-electron chi connectivity index (χ3n) is 4.46. The molecule has 0 atom stereocenters. The topological polar surface area (TPSA) is 42.4 Å². The molecule has 4 aromatic rings. The predicted molar refractivity (Wildman–Crippen MR) is 113 cm³/mol. The first-order valence-electron chi connectivity index (χ1n) is 9.16. The molecular formula is C23H19FN2O2S. The minimum atomic E-state index is -0.280. The molecule has 6 heteroatoms. The number of thiazole rings is 1. The Kier molecular flexibility index (Phi) is 5.53. The van der Waals surface area contributed by atoms with E-state index in [1.165, 1.54) is 12.1 Å². The lowest BCUT2D eigenvalue weighted by Crippen LogP contribution is -2.26. The van der Waals surface area contributed by atoms with Crippen LogP contribution >= 0.6 is 11.3 Å². The fraction of sp³-hybridized carbons (Fsp3) is 0.130. The van der Waals surface area contributed by atoms with E-state index in [9.17, 15) is 9.18 Å². The van der Waals surface area contributed by atoms with Crippen LogP contribution in [0.4, 0.5) is 4.39 Å². The summed E-state index contributed by atoms with van der Waals surface area (Å²) in [6, 6.07) is 21.2. The molecule has 4 nitrogen and oxygen atoms in total. The fourth-order valence-electron chi connectivity index (χ4n) is 2.95. The van der Waals surface area contributed by atoms with Gasteiger partial charge in [-0.1, -0.05) is 30.3 Å². The Bertz CT molecular complexity index is 1110. The number of benzene rings is 3. The van der Waals surface area contributed by atoms with Crippen LogP contribution in [0, 0.1) is 5.82 Å². The van der Waals surface area contributed by atoms with Crippen LogP contribution in [0.3, 0.4) is 0 Å². The molecule has 1 amide bonds. The van der Waals surface area contributed by atoms with E-state index in [2.05, 4.69) is 4.98 Å². The van der Waals surface area contributed by atoms with E-state index in [0.29, 0.717) is 24.5 Å². The highest BCUT2D eigenvalue weighted by Crippen LogP contribution is 2.23. The van der Waals surface area contributed by atoms with Crippen LogP contribution in [-0.4, -0.2) is 22.8 Å². The maximum Gasteiger partial charge on any atom is 0.254 e. The Morgan fingerprint density at radius 3 is 2.66 bits per heavy atom. The van der Waals surface area contributed by atoms with Gasteiger partial charge in [0, 0.05) is 12.6 Å². The Hall–Kier alpha value is -3.25. The van der Waals surface area contributed by atoms with Crippen molar-refractivity contribution < 1.29 is 13.9 Å². The third-order valence-corrected chi connectivity index (χ3v) is 5.48. The zero-order chi connectivity index (χ0) is 20.2. The van der Waals surface area contributed by atoms with Crippen LogP contribution in [0.25, 0.3) is 10.2 Å². The van der Waals surface area contributed by atoms with Gasteiger partial charge in [0.1, 0.15) is 23.2 Å². The number of rotatable bonds is 6. The van der Waals surface area contributed by atoms with Crippen LogP contribution in [0.1, 0.15) is 20.9 Å². The predicted octanol–water partition coefficient (Wildman–Crippen LogP) is 5.29. The van der Waals surface area contributed by atoms with E-state index in [1.807, 2.05) is 24.3 Å². The molecule has 1 aromatic heterocycles. The average Bonchev–Trinajstić information content (AvgIpc) is 3.15. The van der Waals surface area contributed by atoms with Crippen molar-refractivity contribution in [3.8, 4) is 5.75 Å². The van der Waals surface area contributed by atoms with E-state index in [4.69, 9.17) is 4.74 Å². The second-order valence-corrected chi connectivity index (χ2v) is 7.79. The van der Waals surface area contributed by atoms with Gasteiger partial charge in [-0.05, 0) is 48.0 Å². The van der Waals surface area contributed by atoms with Gasteiger partial charge in [-0.15, -0.1) is 11.3 Å². The van der Waals surface area contributed by atoms with Gasteiger partial charge < -0.3 is 9.64 Å². The lowest BCUT2D eigenvalue weighted by molar-refractivity contribution is 0.0784. The highest BCUT2D eigenvalue weighted by molar-refractivity contribution is 7.18. The molecule has 0 spiro atoms. The Morgan fingerprint density at radius 1 is 1.07 bits per heavy atom. The summed E-state index contributed by atoms with van der Waals surface area (Å²) in [6.45, 7) is 0.748. The van der Waals surface area contributed by atoms with Gasteiger partial charge in [0.25, 0.3) is 5.91 Å². The third kappa shape index (κ3) is 4.60. The number of hydrogen-bond donors (Lipinski definition) is 0. The lowest BCUT2D eigenvalue weighted by Gasteiger charge is -2.16. The normalized spacial score (nSPS) is 10.8. The van der Waals surface area contributed by atoms with Crippen LogP contribution in [0.15, 0.2) is 72.8 Å². The van der Waals surface area contributed by atoms with Crippen molar-refractivity contribution >= 4 is 27.5 Å². The monoisotopic (exact) mass is 406 g/mol. The first-order chi connectivity index (χ1) is 14.1. The van der Waals surface area contributed by atoms with E-state index >= 15 is 0 Å². The molecule has 29 heavy (non-hydrogen) atoms. The maximum atomic E-state index is 13.0. The summed E-state index contributed by atoms with van der Waals surface area (Å²) in [7, 11) is 1.76. The highest BCUT2D eigenvalue weighted by Gasteiger charge is 2.15. The molecule has 0 N–H and O–H groups in total. The van der Waals surface area contributed by atoms with Crippen LogP contribution < -0.4 is 4.74 Å².